The molecule has 1 aliphatic heterocycles. The van der Waals surface area contributed by atoms with Crippen molar-refractivity contribution in [1.29, 1.82) is 0 Å². The van der Waals surface area contributed by atoms with Crippen LogP contribution in [-0.4, -0.2) is 16.1 Å². The van der Waals surface area contributed by atoms with Crippen LogP contribution in [0.3, 0.4) is 0 Å². The van der Waals surface area contributed by atoms with Crippen molar-refractivity contribution in [2.75, 3.05) is 5.73 Å². The van der Waals surface area contributed by atoms with E-state index < -0.39 is 0 Å². The van der Waals surface area contributed by atoms with Gasteiger partial charge in [-0.1, -0.05) is 5.16 Å². The summed E-state index contributed by atoms with van der Waals surface area (Å²) in [7, 11) is 0. The third kappa shape index (κ3) is 1.13. The van der Waals surface area contributed by atoms with E-state index in [4.69, 9.17) is 10.3 Å². The fourth-order valence-corrected chi connectivity index (χ4v) is 2.00. The zero-order valence-corrected chi connectivity index (χ0v) is 8.24. The average Bonchev–Trinajstić information content (AvgIpc) is 2.55. The molecule has 4 heteroatoms. The molecule has 0 aromatic carbocycles. The third-order valence-corrected chi connectivity index (χ3v) is 2.74. The molecule has 2 N–H and O–H groups in total. The number of rotatable bonds is 1. The second-order valence-electron chi connectivity index (χ2n) is 3.85. The Kier molecular flexibility index (Phi) is 1.80. The van der Waals surface area contributed by atoms with E-state index in [1.54, 1.807) is 0 Å². The lowest BCUT2D eigenvalue weighted by atomic mass is 10.1. The number of nitrogen functional groups attached to an aromatic ring is 1. The first kappa shape index (κ1) is 8.56. The van der Waals surface area contributed by atoms with Gasteiger partial charge in [0.15, 0.2) is 11.6 Å². The van der Waals surface area contributed by atoms with Gasteiger partial charge in [-0.2, -0.15) is 0 Å². The van der Waals surface area contributed by atoms with Crippen molar-refractivity contribution in [3.05, 3.63) is 11.3 Å². The Bertz CT molecular complexity index is 319. The van der Waals surface area contributed by atoms with Crippen LogP contribution in [0.1, 0.15) is 38.1 Å². The SMILES string of the molecule is CC(C)N1Cc2onc(N)c2C1C. The van der Waals surface area contributed by atoms with E-state index in [2.05, 4.69) is 30.8 Å². The first-order valence-electron chi connectivity index (χ1n) is 4.61. The maximum absolute atomic E-state index is 5.71. The number of nitrogens with two attached hydrogens (primary N) is 1. The van der Waals surface area contributed by atoms with Gasteiger partial charge in [-0.3, -0.25) is 4.90 Å². The van der Waals surface area contributed by atoms with Crippen LogP contribution in [0.25, 0.3) is 0 Å². The van der Waals surface area contributed by atoms with Gasteiger partial charge < -0.3 is 10.3 Å². The summed E-state index contributed by atoms with van der Waals surface area (Å²) in [4.78, 5) is 2.34. The molecule has 13 heavy (non-hydrogen) atoms. The molecule has 0 bridgehead atoms. The molecule has 0 saturated heterocycles. The fraction of sp³-hybridized carbons (Fsp3) is 0.667. The van der Waals surface area contributed by atoms with Crippen molar-refractivity contribution in [2.24, 2.45) is 0 Å². The summed E-state index contributed by atoms with van der Waals surface area (Å²) in [5.41, 5.74) is 6.79. The Morgan fingerprint density at radius 1 is 1.62 bits per heavy atom. The molecule has 1 aromatic rings. The molecule has 0 amide bonds. The Morgan fingerprint density at radius 2 is 2.31 bits per heavy atom. The molecule has 1 aromatic heterocycles. The van der Waals surface area contributed by atoms with Crippen LogP contribution in [0.5, 0.6) is 0 Å². The molecule has 72 valence electrons. The van der Waals surface area contributed by atoms with E-state index in [9.17, 15) is 0 Å². The lowest BCUT2D eigenvalue weighted by Gasteiger charge is -2.25. The second-order valence-corrected chi connectivity index (χ2v) is 3.85. The Labute approximate surface area is 77.7 Å². The van der Waals surface area contributed by atoms with Crippen molar-refractivity contribution >= 4 is 5.82 Å². The van der Waals surface area contributed by atoms with Crippen LogP contribution >= 0.6 is 0 Å². The van der Waals surface area contributed by atoms with Crippen LogP contribution in [0.4, 0.5) is 5.82 Å². The van der Waals surface area contributed by atoms with E-state index in [1.807, 2.05) is 0 Å². The molecule has 0 aliphatic carbocycles. The Balaban J connectivity index is 2.34. The maximum atomic E-state index is 5.71. The highest BCUT2D eigenvalue weighted by Crippen LogP contribution is 2.37. The molecular formula is C9H15N3O. The van der Waals surface area contributed by atoms with E-state index >= 15 is 0 Å². The highest BCUT2D eigenvalue weighted by molar-refractivity contribution is 5.44. The summed E-state index contributed by atoms with van der Waals surface area (Å²) in [6.45, 7) is 7.32. The molecule has 2 rings (SSSR count). The number of aromatic nitrogens is 1. The summed E-state index contributed by atoms with van der Waals surface area (Å²) in [6.07, 6.45) is 0. The number of fused-ring (bicyclic) bond motifs is 1. The fourth-order valence-electron chi connectivity index (χ4n) is 2.00. The number of nitrogens with zero attached hydrogens (tertiary/aromatic N) is 2. The standard InChI is InChI=1S/C9H15N3O/c1-5(2)12-4-7-8(6(12)3)9(10)11-13-7/h5-6H,4H2,1-3H3,(H2,10,11). The van der Waals surface area contributed by atoms with Gasteiger partial charge in [0, 0.05) is 12.1 Å². The monoisotopic (exact) mass is 181 g/mol. The van der Waals surface area contributed by atoms with Crippen LogP contribution in [0.15, 0.2) is 4.52 Å². The highest BCUT2D eigenvalue weighted by atomic mass is 16.5. The van der Waals surface area contributed by atoms with E-state index in [0.717, 1.165) is 17.9 Å². The predicted molar refractivity (Wildman–Crippen MR) is 50.0 cm³/mol. The van der Waals surface area contributed by atoms with Gasteiger partial charge in [-0.15, -0.1) is 0 Å². The largest absolute Gasteiger partial charge is 0.381 e. The van der Waals surface area contributed by atoms with Crippen molar-refractivity contribution < 1.29 is 4.52 Å². The van der Waals surface area contributed by atoms with Crippen LogP contribution in [0.2, 0.25) is 0 Å². The first-order valence-corrected chi connectivity index (χ1v) is 4.61. The average molecular weight is 181 g/mol. The number of hydrogen-bond acceptors (Lipinski definition) is 4. The molecule has 1 unspecified atom stereocenters. The van der Waals surface area contributed by atoms with Gasteiger partial charge >= 0.3 is 0 Å². The summed E-state index contributed by atoms with van der Waals surface area (Å²) in [5, 5.41) is 3.76. The zero-order chi connectivity index (χ0) is 9.59. The quantitative estimate of drug-likeness (QED) is 0.714. The molecule has 0 spiro atoms. The summed E-state index contributed by atoms with van der Waals surface area (Å²) in [5.74, 6) is 1.48. The minimum atomic E-state index is 0.334. The van der Waals surface area contributed by atoms with Crippen molar-refractivity contribution in [3.63, 3.8) is 0 Å². The van der Waals surface area contributed by atoms with E-state index in [0.29, 0.717) is 17.9 Å². The zero-order valence-electron chi connectivity index (χ0n) is 8.24. The lowest BCUT2D eigenvalue weighted by molar-refractivity contribution is 0.167. The topological polar surface area (TPSA) is 55.3 Å². The van der Waals surface area contributed by atoms with Crippen molar-refractivity contribution in [2.45, 2.75) is 39.4 Å². The molecule has 0 radical (unpaired) electrons. The highest BCUT2D eigenvalue weighted by Gasteiger charge is 2.34. The van der Waals surface area contributed by atoms with Gasteiger partial charge in [0.25, 0.3) is 0 Å². The first-order chi connectivity index (χ1) is 6.11. The predicted octanol–water partition coefficient (Wildman–Crippen LogP) is 1.54. The summed E-state index contributed by atoms with van der Waals surface area (Å²) >= 11 is 0. The molecule has 2 heterocycles. The summed E-state index contributed by atoms with van der Waals surface area (Å²) in [6, 6.07) is 0.846. The van der Waals surface area contributed by atoms with Gasteiger partial charge in [-0.05, 0) is 20.8 Å². The smallest absolute Gasteiger partial charge is 0.171 e. The molecule has 1 atom stereocenters. The summed E-state index contributed by atoms with van der Waals surface area (Å²) < 4.78 is 5.14. The van der Waals surface area contributed by atoms with E-state index in [1.165, 1.54) is 0 Å². The van der Waals surface area contributed by atoms with Crippen LogP contribution < -0.4 is 5.73 Å². The maximum Gasteiger partial charge on any atom is 0.171 e. The van der Waals surface area contributed by atoms with Gasteiger partial charge in [0.05, 0.1) is 12.1 Å². The van der Waals surface area contributed by atoms with Gasteiger partial charge in [0.2, 0.25) is 0 Å². The van der Waals surface area contributed by atoms with Gasteiger partial charge in [0.1, 0.15) is 0 Å². The Hall–Kier alpha value is -1.03. The van der Waals surface area contributed by atoms with Crippen LogP contribution in [-0.2, 0) is 6.54 Å². The second kappa shape index (κ2) is 2.73. The van der Waals surface area contributed by atoms with Gasteiger partial charge in [-0.25, -0.2) is 0 Å². The minimum absolute atomic E-state index is 0.334. The molecular weight excluding hydrogens is 166 g/mol. The normalized spacial score (nSPS) is 22.6. The molecule has 0 fully saturated rings. The van der Waals surface area contributed by atoms with Crippen LogP contribution in [0, 0.1) is 0 Å². The minimum Gasteiger partial charge on any atom is -0.381 e. The molecule has 4 nitrogen and oxygen atoms in total. The molecule has 0 saturated carbocycles. The number of hydrogen-bond donors (Lipinski definition) is 1. The van der Waals surface area contributed by atoms with Crippen molar-refractivity contribution in [3.8, 4) is 0 Å². The number of anilines is 1. The third-order valence-electron chi connectivity index (χ3n) is 2.74. The van der Waals surface area contributed by atoms with E-state index in [-0.39, 0.29) is 0 Å². The lowest BCUT2D eigenvalue weighted by Crippen LogP contribution is -2.28. The molecule has 1 aliphatic rings. The van der Waals surface area contributed by atoms with Crippen molar-refractivity contribution in [1.82, 2.24) is 10.1 Å². The Morgan fingerprint density at radius 3 is 2.85 bits per heavy atom.